The van der Waals surface area contributed by atoms with Crippen LogP contribution in [0.15, 0.2) is 53.3 Å². The first kappa shape index (κ1) is 23.2. The van der Waals surface area contributed by atoms with Crippen LogP contribution in [0.5, 0.6) is 0 Å². The minimum absolute atomic E-state index is 0.0941. The second kappa shape index (κ2) is 8.92. The third-order valence-electron chi connectivity index (χ3n) is 6.79. The molecule has 2 aromatic carbocycles. The number of tetrazole rings is 1. The molecule has 0 bridgehead atoms. The molecule has 5 rings (SSSR count). The van der Waals surface area contributed by atoms with E-state index in [0.29, 0.717) is 11.4 Å². The topological polar surface area (TPSA) is 82.9 Å². The number of aryl methyl sites for hydroxylation is 2. The Kier molecular flexibility index (Phi) is 5.92. The number of anilines is 1. The number of aromatic amines is 1. The summed E-state index contributed by atoms with van der Waals surface area (Å²) in [6.07, 6.45) is 0. The summed E-state index contributed by atoms with van der Waals surface area (Å²) in [5.41, 5.74) is 4.60. The molecular weight excluding hydrogens is 438 g/mol. The number of nitrogens with one attached hydrogen (secondary N) is 1. The average Bonchev–Trinajstić information content (AvgIpc) is 3.31. The fraction of sp³-hybridized carbons (Fsp3) is 0.407. The van der Waals surface area contributed by atoms with Crippen LogP contribution in [0.3, 0.4) is 0 Å². The van der Waals surface area contributed by atoms with Crippen LogP contribution in [-0.2, 0) is 5.54 Å². The van der Waals surface area contributed by atoms with E-state index in [1.807, 2.05) is 23.7 Å². The summed E-state index contributed by atoms with van der Waals surface area (Å²) >= 11 is 0. The highest BCUT2D eigenvalue weighted by Gasteiger charge is 2.35. The predicted octanol–water partition coefficient (Wildman–Crippen LogP) is 3.80. The largest absolute Gasteiger partial charge is 0.369 e. The quantitative estimate of drug-likeness (QED) is 0.488. The third kappa shape index (κ3) is 4.46. The first-order valence-electron chi connectivity index (χ1n) is 12.2. The zero-order valence-electron chi connectivity index (χ0n) is 21.1. The standard InChI is InChI=1S/C27H33N7O/c1-18-15-19(2)23-20(16-18)17-22(26(35)28-23)24(25-29-30-31-34(25)27(3,4)5)33-13-11-32(12-14-33)21-9-7-6-8-10-21/h6-10,15-17,24H,11-14H2,1-5H3,(H,28,35). The first-order valence-corrected chi connectivity index (χ1v) is 12.2. The van der Waals surface area contributed by atoms with Crippen molar-refractivity contribution in [1.29, 1.82) is 0 Å². The molecule has 182 valence electrons. The Hall–Kier alpha value is -3.52. The highest BCUT2D eigenvalue weighted by Crippen LogP contribution is 2.31. The van der Waals surface area contributed by atoms with E-state index in [4.69, 9.17) is 0 Å². The van der Waals surface area contributed by atoms with Crippen molar-refractivity contribution in [2.75, 3.05) is 31.1 Å². The summed E-state index contributed by atoms with van der Waals surface area (Å²) in [5.74, 6) is 0.694. The number of rotatable bonds is 4. The van der Waals surface area contributed by atoms with Gasteiger partial charge in [0.1, 0.15) is 6.04 Å². The number of pyridine rings is 1. The van der Waals surface area contributed by atoms with Gasteiger partial charge in [-0.15, -0.1) is 5.10 Å². The minimum Gasteiger partial charge on any atom is -0.369 e. The van der Waals surface area contributed by atoms with Crippen LogP contribution in [0.4, 0.5) is 5.69 Å². The van der Waals surface area contributed by atoms with Crippen molar-refractivity contribution in [2.24, 2.45) is 0 Å². The molecule has 0 saturated carbocycles. The van der Waals surface area contributed by atoms with E-state index in [1.54, 1.807) is 0 Å². The second-order valence-electron chi connectivity index (χ2n) is 10.5. The van der Waals surface area contributed by atoms with Crippen LogP contribution in [0.2, 0.25) is 0 Å². The summed E-state index contributed by atoms with van der Waals surface area (Å²) in [6, 6.07) is 16.4. The number of aromatic nitrogens is 5. The summed E-state index contributed by atoms with van der Waals surface area (Å²) in [6.45, 7) is 13.7. The molecule has 0 radical (unpaired) electrons. The van der Waals surface area contributed by atoms with Crippen LogP contribution in [-0.4, -0.2) is 56.3 Å². The maximum absolute atomic E-state index is 13.5. The lowest BCUT2D eigenvalue weighted by Gasteiger charge is -2.40. The molecule has 1 aliphatic heterocycles. The van der Waals surface area contributed by atoms with Crippen molar-refractivity contribution in [3.05, 3.63) is 81.4 Å². The van der Waals surface area contributed by atoms with Crippen molar-refractivity contribution in [3.63, 3.8) is 0 Å². The van der Waals surface area contributed by atoms with Crippen molar-refractivity contribution in [1.82, 2.24) is 30.1 Å². The molecule has 8 nitrogen and oxygen atoms in total. The first-order chi connectivity index (χ1) is 16.7. The van der Waals surface area contributed by atoms with E-state index < -0.39 is 0 Å². The summed E-state index contributed by atoms with van der Waals surface area (Å²) < 4.78 is 1.85. The zero-order chi connectivity index (χ0) is 24.7. The minimum atomic E-state index is -0.351. The number of para-hydroxylation sites is 1. The maximum atomic E-state index is 13.5. The normalized spacial score (nSPS) is 16.1. The van der Waals surface area contributed by atoms with Gasteiger partial charge in [0, 0.05) is 37.4 Å². The number of nitrogens with zero attached hydrogens (tertiary/aromatic N) is 6. The van der Waals surface area contributed by atoms with Crippen molar-refractivity contribution in [2.45, 2.75) is 46.2 Å². The Morgan fingerprint density at radius 2 is 1.69 bits per heavy atom. The van der Waals surface area contributed by atoms with Gasteiger partial charge in [-0.3, -0.25) is 9.69 Å². The number of benzene rings is 2. The number of hydrogen-bond donors (Lipinski definition) is 1. The Balaban J connectivity index is 1.59. The molecule has 0 amide bonds. The van der Waals surface area contributed by atoms with Crippen LogP contribution < -0.4 is 10.5 Å². The average molecular weight is 472 g/mol. The molecule has 3 heterocycles. The molecule has 1 saturated heterocycles. The van der Waals surface area contributed by atoms with E-state index in [1.165, 1.54) is 11.3 Å². The molecule has 1 aliphatic rings. The van der Waals surface area contributed by atoms with Gasteiger partial charge >= 0.3 is 0 Å². The lowest BCUT2D eigenvalue weighted by atomic mass is 9.99. The van der Waals surface area contributed by atoms with Crippen LogP contribution in [0.25, 0.3) is 10.9 Å². The molecular formula is C27H33N7O. The number of H-pyrrole nitrogens is 1. The van der Waals surface area contributed by atoms with Gasteiger partial charge in [-0.05, 0) is 80.3 Å². The number of hydrogen-bond acceptors (Lipinski definition) is 6. The maximum Gasteiger partial charge on any atom is 0.253 e. The monoisotopic (exact) mass is 471 g/mol. The molecule has 8 heteroatoms. The summed E-state index contributed by atoms with van der Waals surface area (Å²) in [7, 11) is 0. The van der Waals surface area contributed by atoms with E-state index in [2.05, 4.69) is 94.4 Å². The Bertz CT molecular complexity index is 1390. The fourth-order valence-electron chi connectivity index (χ4n) is 5.13. The van der Waals surface area contributed by atoms with Gasteiger partial charge in [-0.1, -0.05) is 29.8 Å². The van der Waals surface area contributed by atoms with E-state index in [0.717, 1.165) is 42.6 Å². The molecule has 0 spiro atoms. The van der Waals surface area contributed by atoms with Crippen molar-refractivity contribution >= 4 is 16.6 Å². The molecule has 1 fully saturated rings. The molecule has 0 aliphatic carbocycles. The smallest absolute Gasteiger partial charge is 0.253 e. The fourth-order valence-corrected chi connectivity index (χ4v) is 5.13. The van der Waals surface area contributed by atoms with Crippen LogP contribution in [0.1, 0.15) is 49.3 Å². The number of piperazine rings is 1. The SMILES string of the molecule is Cc1cc(C)c2[nH]c(=O)c(C(c3nnnn3C(C)(C)C)N3CCN(c4ccccc4)CC3)cc2c1. The zero-order valence-corrected chi connectivity index (χ0v) is 21.1. The highest BCUT2D eigenvalue weighted by atomic mass is 16.1. The lowest BCUT2D eigenvalue weighted by Crippen LogP contribution is -2.49. The number of fused-ring (bicyclic) bond motifs is 1. The predicted molar refractivity (Wildman–Crippen MR) is 139 cm³/mol. The second-order valence-corrected chi connectivity index (χ2v) is 10.5. The van der Waals surface area contributed by atoms with Crippen molar-refractivity contribution in [3.8, 4) is 0 Å². The Morgan fingerprint density at radius 3 is 2.37 bits per heavy atom. The van der Waals surface area contributed by atoms with Gasteiger partial charge in [0.2, 0.25) is 0 Å². The Morgan fingerprint density at radius 1 is 0.971 bits per heavy atom. The van der Waals surface area contributed by atoms with Gasteiger partial charge in [0.25, 0.3) is 5.56 Å². The van der Waals surface area contributed by atoms with Crippen molar-refractivity contribution < 1.29 is 0 Å². The van der Waals surface area contributed by atoms with Gasteiger partial charge in [-0.25, -0.2) is 4.68 Å². The summed E-state index contributed by atoms with van der Waals surface area (Å²) in [5, 5.41) is 13.8. The van der Waals surface area contributed by atoms with Gasteiger partial charge in [0.05, 0.1) is 11.1 Å². The molecule has 1 atom stereocenters. The van der Waals surface area contributed by atoms with Gasteiger partial charge < -0.3 is 9.88 Å². The van der Waals surface area contributed by atoms with E-state index >= 15 is 0 Å². The van der Waals surface area contributed by atoms with E-state index in [-0.39, 0.29) is 17.1 Å². The third-order valence-corrected chi connectivity index (χ3v) is 6.79. The Labute approximate surface area is 205 Å². The van der Waals surface area contributed by atoms with Gasteiger partial charge in [0.15, 0.2) is 5.82 Å². The molecule has 2 aromatic heterocycles. The molecule has 35 heavy (non-hydrogen) atoms. The molecule has 1 N–H and O–H groups in total. The lowest BCUT2D eigenvalue weighted by molar-refractivity contribution is 0.190. The van der Waals surface area contributed by atoms with Crippen LogP contribution in [0, 0.1) is 13.8 Å². The van der Waals surface area contributed by atoms with Gasteiger partial charge in [-0.2, -0.15) is 0 Å². The molecule has 4 aromatic rings. The summed E-state index contributed by atoms with van der Waals surface area (Å²) in [4.78, 5) is 21.4. The highest BCUT2D eigenvalue weighted by molar-refractivity contribution is 5.83. The molecule has 1 unspecified atom stereocenters. The van der Waals surface area contributed by atoms with Crippen LogP contribution >= 0.6 is 0 Å². The van der Waals surface area contributed by atoms with E-state index in [9.17, 15) is 4.79 Å².